The molecule has 1 N–H and O–H groups in total. The summed E-state index contributed by atoms with van der Waals surface area (Å²) in [7, 11) is -1.76. The third-order valence-corrected chi connectivity index (χ3v) is 2.26. The van der Waals surface area contributed by atoms with Crippen LogP contribution < -0.4 is 5.32 Å². The van der Waals surface area contributed by atoms with E-state index in [1.54, 1.807) is 0 Å². The average molecular weight is 146 g/mol. The van der Waals surface area contributed by atoms with Gasteiger partial charge in [0.2, 0.25) is 15.0 Å². The highest BCUT2D eigenvalue weighted by Crippen LogP contribution is 1.99. The number of nitrogens with zero attached hydrogens (tertiary/aromatic N) is 1. The van der Waals surface area contributed by atoms with Gasteiger partial charge in [-0.2, -0.15) is 0 Å². The maximum atomic E-state index is 10.7. The van der Waals surface area contributed by atoms with Crippen LogP contribution in [-0.2, 0) is 9.84 Å². The highest BCUT2D eigenvalue weighted by molar-refractivity contribution is 8.09. The second kappa shape index (κ2) is 1.84. The zero-order chi connectivity index (χ0) is 6.91. The van der Waals surface area contributed by atoms with Crippen LogP contribution in [-0.4, -0.2) is 20.6 Å². The Bertz CT molecular complexity index is 262. The second-order valence-corrected chi connectivity index (χ2v) is 3.27. The van der Waals surface area contributed by atoms with Crippen molar-refractivity contribution in [3.8, 4) is 0 Å². The molecule has 0 aromatic heterocycles. The minimum atomic E-state index is -3.18. The maximum Gasteiger partial charge on any atom is 0.234 e. The zero-order valence-corrected chi connectivity index (χ0v) is 5.64. The molecule has 1 aliphatic heterocycles. The summed E-state index contributed by atoms with van der Waals surface area (Å²) >= 11 is 0. The summed E-state index contributed by atoms with van der Waals surface area (Å²) in [6.45, 7) is 0. The Morgan fingerprint density at radius 2 is 2.33 bits per heavy atom. The Hall–Kier alpha value is -0.840. The summed E-state index contributed by atoms with van der Waals surface area (Å²) in [5, 5.41) is 3.57. The first-order valence-electron chi connectivity index (χ1n) is 2.32. The molecule has 0 unspecified atom stereocenters. The molecule has 0 aromatic rings. The number of nitrogens with one attached hydrogen (secondary N) is 1. The predicted octanol–water partition coefficient (Wildman–Crippen LogP) is -0.539. The van der Waals surface area contributed by atoms with Crippen molar-refractivity contribution in [2.24, 2.45) is 4.99 Å². The number of rotatable bonds is 0. The molecule has 9 heavy (non-hydrogen) atoms. The van der Waals surface area contributed by atoms with E-state index in [1.807, 2.05) is 0 Å². The Labute approximate surface area is 53.2 Å². The molecule has 0 saturated carbocycles. The van der Waals surface area contributed by atoms with Crippen molar-refractivity contribution in [1.82, 2.24) is 5.32 Å². The number of hydrogen-bond acceptors (Lipinski definition) is 3. The van der Waals surface area contributed by atoms with Gasteiger partial charge >= 0.3 is 0 Å². The van der Waals surface area contributed by atoms with Crippen LogP contribution in [0.15, 0.2) is 16.6 Å². The summed E-state index contributed by atoms with van der Waals surface area (Å²) in [5.74, 6) is 0. The fourth-order valence-electron chi connectivity index (χ4n) is 0.533. The quantitative estimate of drug-likeness (QED) is 0.499. The Morgan fingerprint density at radius 3 is 2.56 bits per heavy atom. The Balaban J connectivity index is 3.14. The van der Waals surface area contributed by atoms with E-state index in [0.29, 0.717) is 0 Å². The fourth-order valence-corrected chi connectivity index (χ4v) is 1.40. The van der Waals surface area contributed by atoms with Crippen LogP contribution in [0.3, 0.4) is 0 Å². The number of sulfone groups is 1. The zero-order valence-electron chi connectivity index (χ0n) is 4.83. The van der Waals surface area contributed by atoms with Gasteiger partial charge in [0, 0.05) is 13.2 Å². The molecule has 0 aromatic carbocycles. The molecular formula is C4H6N2O2S. The Kier molecular flexibility index (Phi) is 1.28. The van der Waals surface area contributed by atoms with E-state index in [4.69, 9.17) is 0 Å². The number of amidine groups is 1. The lowest BCUT2D eigenvalue weighted by Crippen LogP contribution is -2.18. The smallest absolute Gasteiger partial charge is 0.234 e. The van der Waals surface area contributed by atoms with Gasteiger partial charge in [0.15, 0.2) is 0 Å². The normalized spacial score (nSPS) is 26.6. The topological polar surface area (TPSA) is 58.5 Å². The van der Waals surface area contributed by atoms with E-state index in [9.17, 15) is 8.42 Å². The molecular weight excluding hydrogens is 140 g/mol. The highest BCUT2D eigenvalue weighted by Gasteiger charge is 2.18. The number of hydrogen-bond donors (Lipinski definition) is 1. The van der Waals surface area contributed by atoms with Crippen LogP contribution in [0.1, 0.15) is 0 Å². The Morgan fingerprint density at radius 1 is 1.67 bits per heavy atom. The van der Waals surface area contributed by atoms with Gasteiger partial charge in [0.05, 0.1) is 5.41 Å². The van der Waals surface area contributed by atoms with Gasteiger partial charge in [-0.25, -0.2) is 8.42 Å². The molecule has 0 amide bonds. The van der Waals surface area contributed by atoms with Gasteiger partial charge in [-0.05, 0) is 0 Å². The molecule has 0 spiro atoms. The third kappa shape index (κ3) is 0.951. The van der Waals surface area contributed by atoms with Crippen molar-refractivity contribution in [2.75, 3.05) is 7.05 Å². The lowest BCUT2D eigenvalue weighted by molar-refractivity contribution is 0.615. The van der Waals surface area contributed by atoms with Crippen molar-refractivity contribution < 1.29 is 8.42 Å². The third-order valence-electron chi connectivity index (χ3n) is 0.927. The van der Waals surface area contributed by atoms with E-state index in [-0.39, 0.29) is 5.17 Å². The molecule has 0 fully saturated rings. The standard InChI is InChI=1S/C4H6N2O2S/c1-5-4-6-2-3-9(4,7)8/h2-3H,1H3,(H,5,6). The summed E-state index contributed by atoms with van der Waals surface area (Å²) in [5.41, 5.74) is 0. The van der Waals surface area contributed by atoms with Crippen molar-refractivity contribution in [3.05, 3.63) is 11.6 Å². The van der Waals surface area contributed by atoms with E-state index in [0.717, 1.165) is 5.41 Å². The largest absolute Gasteiger partial charge is 0.336 e. The first kappa shape index (κ1) is 6.28. The minimum absolute atomic E-state index is 0.0162. The summed E-state index contributed by atoms with van der Waals surface area (Å²) < 4.78 is 21.4. The van der Waals surface area contributed by atoms with Gasteiger partial charge in [-0.15, -0.1) is 0 Å². The number of aliphatic imine (C=N–C) groups is 1. The van der Waals surface area contributed by atoms with Gasteiger partial charge < -0.3 is 5.32 Å². The monoisotopic (exact) mass is 146 g/mol. The fraction of sp³-hybridized carbons (Fsp3) is 0.250. The first-order valence-corrected chi connectivity index (χ1v) is 3.86. The lowest BCUT2D eigenvalue weighted by atomic mass is 11.0. The molecule has 0 radical (unpaired) electrons. The molecule has 0 aliphatic carbocycles. The summed E-state index contributed by atoms with van der Waals surface area (Å²) in [6.07, 6.45) is 1.34. The SMILES string of the molecule is CN=C1NC=CS1(=O)=O. The van der Waals surface area contributed by atoms with Crippen LogP contribution in [0.25, 0.3) is 0 Å². The lowest BCUT2D eigenvalue weighted by Gasteiger charge is -1.91. The summed E-state index contributed by atoms with van der Waals surface area (Å²) in [4.78, 5) is 3.50. The molecule has 4 nitrogen and oxygen atoms in total. The molecule has 0 bridgehead atoms. The predicted molar refractivity (Wildman–Crippen MR) is 34.6 cm³/mol. The van der Waals surface area contributed by atoms with Gasteiger partial charge in [0.25, 0.3) is 0 Å². The van der Waals surface area contributed by atoms with Crippen molar-refractivity contribution >= 4 is 15.0 Å². The second-order valence-electron chi connectivity index (χ2n) is 1.52. The molecule has 0 saturated heterocycles. The van der Waals surface area contributed by atoms with E-state index in [2.05, 4.69) is 10.3 Å². The van der Waals surface area contributed by atoms with Crippen LogP contribution in [0.2, 0.25) is 0 Å². The van der Waals surface area contributed by atoms with Crippen molar-refractivity contribution in [3.63, 3.8) is 0 Å². The van der Waals surface area contributed by atoms with Gasteiger partial charge in [-0.1, -0.05) is 0 Å². The molecule has 5 heteroatoms. The van der Waals surface area contributed by atoms with Crippen LogP contribution in [0.4, 0.5) is 0 Å². The van der Waals surface area contributed by atoms with E-state index in [1.165, 1.54) is 13.2 Å². The molecule has 1 aliphatic rings. The van der Waals surface area contributed by atoms with Crippen molar-refractivity contribution in [2.45, 2.75) is 0 Å². The first-order chi connectivity index (χ1) is 4.17. The van der Waals surface area contributed by atoms with Crippen LogP contribution >= 0.6 is 0 Å². The summed E-state index contributed by atoms with van der Waals surface area (Å²) in [6, 6.07) is 0. The highest BCUT2D eigenvalue weighted by atomic mass is 32.2. The van der Waals surface area contributed by atoms with Crippen LogP contribution in [0, 0.1) is 0 Å². The van der Waals surface area contributed by atoms with E-state index < -0.39 is 9.84 Å². The van der Waals surface area contributed by atoms with Gasteiger partial charge in [0.1, 0.15) is 0 Å². The average Bonchev–Trinajstić information content (AvgIpc) is 2.08. The maximum absolute atomic E-state index is 10.7. The minimum Gasteiger partial charge on any atom is -0.336 e. The molecule has 1 heterocycles. The molecule has 1 rings (SSSR count). The van der Waals surface area contributed by atoms with E-state index >= 15 is 0 Å². The van der Waals surface area contributed by atoms with Gasteiger partial charge in [-0.3, -0.25) is 4.99 Å². The van der Waals surface area contributed by atoms with Crippen molar-refractivity contribution in [1.29, 1.82) is 0 Å². The molecule has 50 valence electrons. The molecule has 0 atom stereocenters. The van der Waals surface area contributed by atoms with Crippen LogP contribution in [0.5, 0.6) is 0 Å².